The highest BCUT2D eigenvalue weighted by Gasteiger charge is 2.56. The molecule has 0 spiro atoms. The van der Waals surface area contributed by atoms with Crippen molar-refractivity contribution in [3.8, 4) is 0 Å². The van der Waals surface area contributed by atoms with E-state index in [9.17, 15) is 23.5 Å². The van der Waals surface area contributed by atoms with Crippen LogP contribution in [-0.4, -0.2) is 74.6 Å². The minimum atomic E-state index is -2.91. The molecule has 2 aromatic rings. The van der Waals surface area contributed by atoms with Crippen molar-refractivity contribution in [3.63, 3.8) is 0 Å². The van der Waals surface area contributed by atoms with E-state index < -0.39 is 35.9 Å². The molecule has 1 aliphatic carbocycles. The van der Waals surface area contributed by atoms with Gasteiger partial charge in [0, 0.05) is 43.1 Å². The van der Waals surface area contributed by atoms with Crippen molar-refractivity contribution in [2.24, 2.45) is 11.8 Å². The van der Waals surface area contributed by atoms with E-state index in [-0.39, 0.29) is 37.2 Å². The number of nitrogens with one attached hydrogen (secondary N) is 1. The number of fused-ring (bicyclic) bond motifs is 3. The van der Waals surface area contributed by atoms with Crippen molar-refractivity contribution >= 4 is 29.2 Å². The van der Waals surface area contributed by atoms with Crippen molar-refractivity contribution < 1.29 is 32.7 Å². The zero-order valence-corrected chi connectivity index (χ0v) is 19.9. The fraction of sp³-hybridized carbons (Fsp3) is 0.609. The number of ether oxygens (including phenoxy) is 1. The Bertz CT molecular complexity index is 1070. The highest BCUT2D eigenvalue weighted by molar-refractivity contribution is 7.08. The molecule has 1 amide bonds. The molecule has 2 aromatic heterocycles. The summed E-state index contributed by atoms with van der Waals surface area (Å²) in [5.74, 6) is -4.66. The monoisotopic (exact) mass is 508 g/mol. The number of piperidine rings is 3. The van der Waals surface area contributed by atoms with Crippen LogP contribution in [0.3, 0.4) is 0 Å². The number of carbonyl (C=O) groups excluding carboxylic acids is 2. The van der Waals surface area contributed by atoms with Gasteiger partial charge in [0.2, 0.25) is 11.9 Å². The Hall–Kier alpha value is -2.57. The van der Waals surface area contributed by atoms with E-state index in [0.717, 1.165) is 25.9 Å². The minimum absolute atomic E-state index is 0.0415. The van der Waals surface area contributed by atoms with Gasteiger partial charge in [-0.3, -0.25) is 10.1 Å². The fourth-order valence-electron chi connectivity index (χ4n) is 5.88. The standard InChI is InChI=1S/C23H27F2N5O4S/c24-22(25)5-1-16(9-22)23(33,17-4-8-35-12-17)20(32)34-18-10-30(6-2-15(18)3-7-30)11-19(31)29-21-27-13-26-14-28-21/h4,8,12-16,18,33H,1-3,5-7,9-11H2/p+1/t15?,16?,18?,23-,30?/m1/s1. The lowest BCUT2D eigenvalue weighted by Gasteiger charge is -2.51. The maximum absolute atomic E-state index is 14.0. The Labute approximate surface area is 205 Å². The molecular formula is C23H28F2N5O4S+. The second kappa shape index (κ2) is 9.14. The molecule has 12 heteroatoms. The molecule has 5 heterocycles. The van der Waals surface area contributed by atoms with Gasteiger partial charge in [0.1, 0.15) is 19.2 Å². The van der Waals surface area contributed by atoms with Crippen LogP contribution in [0.25, 0.3) is 0 Å². The highest BCUT2D eigenvalue weighted by Crippen LogP contribution is 2.49. The summed E-state index contributed by atoms with van der Waals surface area (Å²) in [6.45, 7) is 2.15. The van der Waals surface area contributed by atoms with Gasteiger partial charge < -0.3 is 14.3 Å². The number of esters is 1. The third kappa shape index (κ3) is 4.78. The maximum Gasteiger partial charge on any atom is 0.343 e. The molecule has 2 bridgehead atoms. The van der Waals surface area contributed by atoms with Gasteiger partial charge in [0.15, 0.2) is 18.2 Å². The van der Waals surface area contributed by atoms with Crippen LogP contribution >= 0.6 is 11.3 Å². The molecule has 35 heavy (non-hydrogen) atoms. The SMILES string of the molecule is O=C(C[N+]12CCC(CC1)C(OC(=O)[C@](O)(c1ccsc1)C1CCC(F)(F)C1)C2)Nc1ncncn1. The average molecular weight is 509 g/mol. The number of rotatable bonds is 7. The second-order valence-electron chi connectivity index (χ2n) is 9.99. The lowest BCUT2D eigenvalue weighted by Crippen LogP contribution is -2.66. The van der Waals surface area contributed by atoms with E-state index in [1.54, 1.807) is 16.8 Å². The van der Waals surface area contributed by atoms with Crippen molar-refractivity contribution in [1.82, 2.24) is 15.0 Å². The summed E-state index contributed by atoms with van der Waals surface area (Å²) in [4.78, 5) is 37.7. The van der Waals surface area contributed by atoms with E-state index in [0.29, 0.717) is 16.6 Å². The summed E-state index contributed by atoms with van der Waals surface area (Å²) in [6, 6.07) is 1.60. The number of quaternary nitrogens is 1. The molecule has 3 aliphatic heterocycles. The topological polar surface area (TPSA) is 114 Å². The maximum atomic E-state index is 14.0. The molecule has 9 nitrogen and oxygen atoms in total. The number of hydrogen-bond donors (Lipinski definition) is 2. The Morgan fingerprint density at radius 1 is 1.26 bits per heavy atom. The van der Waals surface area contributed by atoms with E-state index in [1.165, 1.54) is 24.0 Å². The van der Waals surface area contributed by atoms with Gasteiger partial charge >= 0.3 is 5.97 Å². The van der Waals surface area contributed by atoms with Crippen molar-refractivity contribution in [3.05, 3.63) is 35.0 Å². The first-order valence-corrected chi connectivity index (χ1v) is 12.7. The molecule has 6 rings (SSSR count). The number of halogens is 2. The molecule has 2 N–H and O–H groups in total. The van der Waals surface area contributed by atoms with E-state index in [2.05, 4.69) is 20.3 Å². The Kier molecular flexibility index (Phi) is 6.30. The van der Waals surface area contributed by atoms with Crippen LogP contribution in [0.1, 0.15) is 37.7 Å². The first-order valence-electron chi connectivity index (χ1n) is 11.8. The summed E-state index contributed by atoms with van der Waals surface area (Å²) in [6.07, 6.45) is 2.77. The third-order valence-electron chi connectivity index (χ3n) is 7.79. The molecule has 3 saturated heterocycles. The smallest absolute Gasteiger partial charge is 0.343 e. The zero-order valence-electron chi connectivity index (χ0n) is 19.1. The first-order chi connectivity index (χ1) is 16.7. The number of carbonyl (C=O) groups is 2. The van der Waals surface area contributed by atoms with Crippen molar-refractivity contribution in [2.45, 2.75) is 49.7 Å². The van der Waals surface area contributed by atoms with Gasteiger partial charge in [0.05, 0.1) is 13.1 Å². The van der Waals surface area contributed by atoms with Crippen LogP contribution in [-0.2, 0) is 19.9 Å². The lowest BCUT2D eigenvalue weighted by atomic mass is 9.80. The number of thiophene rings is 1. The Morgan fingerprint density at radius 2 is 2.00 bits per heavy atom. The fourth-order valence-corrected chi connectivity index (χ4v) is 6.59. The molecule has 1 saturated carbocycles. The molecular weight excluding hydrogens is 480 g/mol. The summed E-state index contributed by atoms with van der Waals surface area (Å²) >= 11 is 1.29. The van der Waals surface area contributed by atoms with Crippen molar-refractivity contribution in [1.29, 1.82) is 0 Å². The Balaban J connectivity index is 1.30. The van der Waals surface area contributed by atoms with E-state index in [4.69, 9.17) is 4.74 Å². The van der Waals surface area contributed by atoms with Crippen molar-refractivity contribution in [2.75, 3.05) is 31.5 Å². The molecule has 2 unspecified atom stereocenters. The quantitative estimate of drug-likeness (QED) is 0.436. The predicted octanol–water partition coefficient (Wildman–Crippen LogP) is 2.35. The number of amides is 1. The van der Waals surface area contributed by atoms with Crippen LogP contribution in [0.15, 0.2) is 29.5 Å². The minimum Gasteiger partial charge on any atom is -0.454 e. The molecule has 188 valence electrons. The molecule has 4 fully saturated rings. The summed E-state index contributed by atoms with van der Waals surface area (Å²) in [5.41, 5.74) is -1.82. The third-order valence-corrected chi connectivity index (χ3v) is 8.47. The van der Waals surface area contributed by atoms with Crippen LogP contribution in [0.2, 0.25) is 0 Å². The van der Waals surface area contributed by atoms with Crippen LogP contribution in [0.4, 0.5) is 14.7 Å². The second-order valence-corrected chi connectivity index (χ2v) is 10.8. The molecule has 0 aromatic carbocycles. The van der Waals surface area contributed by atoms with Gasteiger partial charge in [-0.05, 0) is 23.2 Å². The predicted molar refractivity (Wildman–Crippen MR) is 121 cm³/mol. The first kappa shape index (κ1) is 24.1. The molecule has 0 radical (unpaired) electrons. The summed E-state index contributed by atoms with van der Waals surface area (Å²) in [7, 11) is 0. The van der Waals surface area contributed by atoms with Gasteiger partial charge in [-0.25, -0.2) is 28.5 Å². The molecule has 4 aliphatic rings. The van der Waals surface area contributed by atoms with E-state index >= 15 is 0 Å². The number of alkyl halides is 2. The zero-order chi connectivity index (χ0) is 24.7. The Morgan fingerprint density at radius 3 is 2.63 bits per heavy atom. The van der Waals surface area contributed by atoms with E-state index in [1.807, 2.05) is 0 Å². The van der Waals surface area contributed by atoms with Gasteiger partial charge in [0.25, 0.3) is 5.91 Å². The van der Waals surface area contributed by atoms with Crippen LogP contribution in [0, 0.1) is 11.8 Å². The van der Waals surface area contributed by atoms with Crippen LogP contribution < -0.4 is 5.32 Å². The number of anilines is 1. The summed E-state index contributed by atoms with van der Waals surface area (Å²) < 4.78 is 34.4. The summed E-state index contributed by atoms with van der Waals surface area (Å²) in [5, 5.41) is 17.6. The molecule has 3 atom stereocenters. The number of hydrogen-bond acceptors (Lipinski definition) is 8. The van der Waals surface area contributed by atoms with Crippen LogP contribution in [0.5, 0.6) is 0 Å². The normalized spacial score (nSPS) is 31.0. The largest absolute Gasteiger partial charge is 0.454 e. The van der Waals surface area contributed by atoms with Gasteiger partial charge in [-0.15, -0.1) is 0 Å². The highest BCUT2D eigenvalue weighted by atomic mass is 32.1. The number of nitrogens with zero attached hydrogens (tertiary/aromatic N) is 4. The lowest BCUT2D eigenvalue weighted by molar-refractivity contribution is -0.939. The number of aliphatic hydroxyl groups is 1. The average Bonchev–Trinajstić information content (AvgIpc) is 3.50. The number of aromatic nitrogens is 3. The van der Waals surface area contributed by atoms with Gasteiger partial charge in [-0.1, -0.05) is 0 Å². The van der Waals surface area contributed by atoms with Gasteiger partial charge in [-0.2, -0.15) is 11.3 Å².